The summed E-state index contributed by atoms with van der Waals surface area (Å²) in [6.45, 7) is 0. The summed E-state index contributed by atoms with van der Waals surface area (Å²) < 4.78 is 1.71. The molecule has 2 heterocycles. The Morgan fingerprint density at radius 2 is 2.14 bits per heavy atom. The number of fused-ring (bicyclic) bond motifs is 2. The van der Waals surface area contributed by atoms with Gasteiger partial charge in [-0.25, -0.2) is 0 Å². The van der Waals surface area contributed by atoms with E-state index in [2.05, 4.69) is 44.6 Å². The summed E-state index contributed by atoms with van der Waals surface area (Å²) in [6, 6.07) is 8.73. The number of anilines is 2. The number of hydrogen-bond donors (Lipinski definition) is 2. The molecule has 1 aromatic carbocycles. The van der Waals surface area contributed by atoms with E-state index in [1.165, 1.54) is 11.1 Å². The van der Waals surface area contributed by atoms with Crippen molar-refractivity contribution in [1.29, 1.82) is 0 Å². The van der Waals surface area contributed by atoms with Crippen LogP contribution in [0, 0.1) is 0 Å². The molecule has 6 heteroatoms. The van der Waals surface area contributed by atoms with Gasteiger partial charge in [0.1, 0.15) is 5.82 Å². The topological polar surface area (TPSA) is 81.7 Å². The predicted molar refractivity (Wildman–Crippen MR) is 81.8 cm³/mol. The maximum Gasteiger partial charge on any atom is 0.227 e. The van der Waals surface area contributed by atoms with Crippen molar-refractivity contribution in [1.82, 2.24) is 19.7 Å². The molecule has 0 saturated carbocycles. The van der Waals surface area contributed by atoms with E-state index >= 15 is 0 Å². The molecule has 0 bridgehead atoms. The predicted octanol–water partition coefficient (Wildman–Crippen LogP) is 2.04. The average molecular weight is 280 g/mol. The van der Waals surface area contributed by atoms with Crippen LogP contribution in [-0.4, -0.2) is 19.7 Å². The van der Waals surface area contributed by atoms with E-state index in [0.717, 1.165) is 23.9 Å². The van der Waals surface area contributed by atoms with E-state index in [0.29, 0.717) is 11.8 Å². The molecule has 3 N–H and O–H groups in total. The fraction of sp³-hybridized carbons (Fsp3) is 0.267. The summed E-state index contributed by atoms with van der Waals surface area (Å²) in [5, 5.41) is 8.36. The lowest BCUT2D eigenvalue weighted by Gasteiger charge is -2.14. The molecule has 0 aliphatic heterocycles. The molecule has 3 aromatic rings. The standard InChI is InChI=1S/C15H16N6/c1-21-14-11(8-17-21)13(16)19-15(20-14)18-12-7-6-9-4-2-3-5-10(9)12/h2-5,8,12H,6-7H2,1H3,(H3,16,18,19,20). The first-order chi connectivity index (χ1) is 10.2. The van der Waals surface area contributed by atoms with Crippen molar-refractivity contribution in [3.05, 3.63) is 41.6 Å². The quantitative estimate of drug-likeness (QED) is 0.750. The molecular weight excluding hydrogens is 264 g/mol. The van der Waals surface area contributed by atoms with Crippen LogP contribution in [0.2, 0.25) is 0 Å². The number of nitrogens with one attached hydrogen (secondary N) is 1. The van der Waals surface area contributed by atoms with Crippen LogP contribution in [0.15, 0.2) is 30.5 Å². The van der Waals surface area contributed by atoms with Crippen molar-refractivity contribution < 1.29 is 0 Å². The molecule has 1 aliphatic carbocycles. The van der Waals surface area contributed by atoms with Crippen LogP contribution in [0.5, 0.6) is 0 Å². The van der Waals surface area contributed by atoms with Gasteiger partial charge >= 0.3 is 0 Å². The summed E-state index contributed by atoms with van der Waals surface area (Å²) in [5.74, 6) is 1.02. The minimum absolute atomic E-state index is 0.242. The number of aryl methyl sites for hydroxylation is 2. The molecule has 1 unspecified atom stereocenters. The van der Waals surface area contributed by atoms with Crippen molar-refractivity contribution in [2.75, 3.05) is 11.1 Å². The van der Waals surface area contributed by atoms with Gasteiger partial charge in [0.15, 0.2) is 5.65 Å². The second kappa shape index (κ2) is 4.44. The highest BCUT2D eigenvalue weighted by atomic mass is 15.3. The SMILES string of the molecule is Cn1ncc2c(N)nc(NC3CCc4ccccc43)nc21. The van der Waals surface area contributed by atoms with Crippen LogP contribution in [0.25, 0.3) is 11.0 Å². The molecule has 1 aliphatic rings. The van der Waals surface area contributed by atoms with Crippen LogP contribution in [-0.2, 0) is 13.5 Å². The molecule has 2 aromatic heterocycles. The Balaban J connectivity index is 1.71. The number of nitrogen functional groups attached to an aromatic ring is 1. The van der Waals surface area contributed by atoms with Crippen molar-refractivity contribution in [2.45, 2.75) is 18.9 Å². The number of hydrogen-bond acceptors (Lipinski definition) is 5. The second-order valence-corrected chi connectivity index (χ2v) is 5.37. The number of nitrogens with zero attached hydrogens (tertiary/aromatic N) is 4. The van der Waals surface area contributed by atoms with Gasteiger partial charge in [0.25, 0.3) is 0 Å². The average Bonchev–Trinajstić information content (AvgIpc) is 3.05. The third-order valence-corrected chi connectivity index (χ3v) is 4.06. The van der Waals surface area contributed by atoms with Gasteiger partial charge in [0, 0.05) is 7.05 Å². The smallest absolute Gasteiger partial charge is 0.227 e. The summed E-state index contributed by atoms with van der Waals surface area (Å²) >= 11 is 0. The van der Waals surface area contributed by atoms with Gasteiger partial charge in [0.2, 0.25) is 5.95 Å². The van der Waals surface area contributed by atoms with E-state index in [1.807, 2.05) is 7.05 Å². The molecule has 21 heavy (non-hydrogen) atoms. The van der Waals surface area contributed by atoms with Crippen LogP contribution in [0.4, 0.5) is 11.8 Å². The highest BCUT2D eigenvalue weighted by Gasteiger charge is 2.23. The third kappa shape index (κ3) is 1.91. The zero-order valence-corrected chi connectivity index (χ0v) is 11.7. The monoisotopic (exact) mass is 280 g/mol. The lowest BCUT2D eigenvalue weighted by atomic mass is 10.1. The van der Waals surface area contributed by atoms with Crippen LogP contribution in [0.3, 0.4) is 0 Å². The van der Waals surface area contributed by atoms with Crippen molar-refractivity contribution in [3.8, 4) is 0 Å². The second-order valence-electron chi connectivity index (χ2n) is 5.37. The fourth-order valence-electron chi connectivity index (χ4n) is 2.97. The zero-order valence-electron chi connectivity index (χ0n) is 11.7. The Kier molecular flexibility index (Phi) is 2.57. The molecule has 0 fully saturated rings. The molecule has 0 saturated heterocycles. The van der Waals surface area contributed by atoms with Crippen molar-refractivity contribution >= 4 is 22.8 Å². The molecule has 6 nitrogen and oxygen atoms in total. The minimum atomic E-state index is 0.242. The van der Waals surface area contributed by atoms with Gasteiger partial charge in [-0.15, -0.1) is 0 Å². The number of nitrogens with two attached hydrogens (primary N) is 1. The number of rotatable bonds is 2. The van der Waals surface area contributed by atoms with Crippen molar-refractivity contribution in [3.63, 3.8) is 0 Å². The normalized spacial score (nSPS) is 17.1. The van der Waals surface area contributed by atoms with Gasteiger partial charge in [0.05, 0.1) is 17.6 Å². The molecule has 0 radical (unpaired) electrons. The summed E-state index contributed by atoms with van der Waals surface area (Å²) in [6.07, 6.45) is 3.82. The van der Waals surface area contributed by atoms with Gasteiger partial charge in [-0.1, -0.05) is 24.3 Å². The van der Waals surface area contributed by atoms with Crippen LogP contribution < -0.4 is 11.1 Å². The first kappa shape index (κ1) is 12.1. The minimum Gasteiger partial charge on any atom is -0.383 e. The fourth-order valence-corrected chi connectivity index (χ4v) is 2.97. The third-order valence-electron chi connectivity index (χ3n) is 4.06. The Morgan fingerprint density at radius 1 is 1.29 bits per heavy atom. The summed E-state index contributed by atoms with van der Waals surface area (Å²) in [4.78, 5) is 8.88. The van der Waals surface area contributed by atoms with E-state index < -0.39 is 0 Å². The largest absolute Gasteiger partial charge is 0.383 e. The van der Waals surface area contributed by atoms with Crippen molar-refractivity contribution in [2.24, 2.45) is 7.05 Å². The number of aromatic nitrogens is 4. The number of benzene rings is 1. The zero-order chi connectivity index (χ0) is 14.4. The summed E-state index contributed by atoms with van der Waals surface area (Å²) in [5.41, 5.74) is 9.46. The van der Waals surface area contributed by atoms with Gasteiger partial charge in [-0.05, 0) is 24.0 Å². The lowest BCUT2D eigenvalue weighted by molar-refractivity contribution is 0.748. The van der Waals surface area contributed by atoms with Gasteiger partial charge < -0.3 is 11.1 Å². The Labute approximate surface area is 122 Å². The van der Waals surface area contributed by atoms with Crippen LogP contribution in [0.1, 0.15) is 23.6 Å². The van der Waals surface area contributed by atoms with Gasteiger partial charge in [-0.2, -0.15) is 15.1 Å². The molecule has 4 rings (SSSR count). The maximum absolute atomic E-state index is 5.99. The van der Waals surface area contributed by atoms with E-state index in [4.69, 9.17) is 5.73 Å². The first-order valence-corrected chi connectivity index (χ1v) is 7.02. The van der Waals surface area contributed by atoms with Gasteiger partial charge in [-0.3, -0.25) is 4.68 Å². The molecular formula is C15H16N6. The molecule has 0 amide bonds. The Morgan fingerprint density at radius 3 is 3.05 bits per heavy atom. The van der Waals surface area contributed by atoms with E-state index in [9.17, 15) is 0 Å². The maximum atomic E-state index is 5.99. The van der Waals surface area contributed by atoms with Crippen LogP contribution >= 0.6 is 0 Å². The lowest BCUT2D eigenvalue weighted by Crippen LogP contribution is -2.11. The molecule has 106 valence electrons. The summed E-state index contributed by atoms with van der Waals surface area (Å²) in [7, 11) is 1.85. The first-order valence-electron chi connectivity index (χ1n) is 7.02. The Bertz CT molecular complexity index is 822. The molecule has 1 atom stereocenters. The van der Waals surface area contributed by atoms with E-state index in [-0.39, 0.29) is 6.04 Å². The highest BCUT2D eigenvalue weighted by Crippen LogP contribution is 2.33. The highest BCUT2D eigenvalue weighted by molar-refractivity contribution is 5.86. The Hall–Kier alpha value is -2.63. The molecule has 0 spiro atoms. The van der Waals surface area contributed by atoms with E-state index in [1.54, 1.807) is 10.9 Å².